The third kappa shape index (κ3) is 5.32. The fourth-order valence-electron chi connectivity index (χ4n) is 2.04. The zero-order chi connectivity index (χ0) is 18.6. The first kappa shape index (κ1) is 19.0. The number of carbonyl (C=O) groups excluding carboxylic acids is 2. The number of hydrogen-bond acceptors (Lipinski definition) is 5. The summed E-state index contributed by atoms with van der Waals surface area (Å²) >= 11 is 3.40. The Balaban J connectivity index is 2.39. The van der Waals surface area contributed by atoms with Gasteiger partial charge in [-0.15, -0.1) is 5.10 Å². The molecule has 7 nitrogen and oxygen atoms in total. The molecule has 0 aliphatic heterocycles. The number of nitrogens with zero attached hydrogens (tertiary/aromatic N) is 2. The first-order valence-corrected chi connectivity index (χ1v) is 8.51. The number of ether oxygens (including phenoxy) is 2. The van der Waals surface area contributed by atoms with Crippen molar-refractivity contribution in [1.29, 1.82) is 0 Å². The van der Waals surface area contributed by atoms with Crippen molar-refractivity contribution in [2.75, 3.05) is 11.9 Å². The van der Waals surface area contributed by atoms with Crippen LogP contribution in [0.2, 0.25) is 0 Å². The summed E-state index contributed by atoms with van der Waals surface area (Å²) in [5.74, 6) is -0.187. The highest BCUT2D eigenvalue weighted by Gasteiger charge is 2.19. The van der Waals surface area contributed by atoms with Crippen LogP contribution in [0.25, 0.3) is 11.6 Å². The molecule has 0 aliphatic rings. The van der Waals surface area contributed by atoms with Crippen molar-refractivity contribution in [2.24, 2.45) is 0 Å². The molecular formula is C17H20BrN3O4. The van der Waals surface area contributed by atoms with E-state index in [0.29, 0.717) is 11.1 Å². The maximum atomic E-state index is 12.1. The molecule has 2 aromatic rings. The van der Waals surface area contributed by atoms with E-state index < -0.39 is 17.7 Å². The lowest BCUT2D eigenvalue weighted by Crippen LogP contribution is -2.27. The lowest BCUT2D eigenvalue weighted by atomic mass is 10.2. The Labute approximate surface area is 154 Å². The van der Waals surface area contributed by atoms with Crippen molar-refractivity contribution in [3.63, 3.8) is 0 Å². The number of hydrogen-bond donors (Lipinski definition) is 1. The van der Waals surface area contributed by atoms with Crippen molar-refractivity contribution < 1.29 is 19.1 Å². The zero-order valence-electron chi connectivity index (χ0n) is 14.5. The van der Waals surface area contributed by atoms with Crippen molar-refractivity contribution in [1.82, 2.24) is 9.61 Å². The van der Waals surface area contributed by atoms with E-state index in [9.17, 15) is 9.59 Å². The molecule has 2 aromatic heterocycles. The van der Waals surface area contributed by atoms with Gasteiger partial charge in [0.15, 0.2) is 5.82 Å². The van der Waals surface area contributed by atoms with Gasteiger partial charge in [-0.25, -0.2) is 14.1 Å². The maximum absolute atomic E-state index is 12.1. The second kappa shape index (κ2) is 7.69. The summed E-state index contributed by atoms with van der Waals surface area (Å²) in [4.78, 5) is 23.7. The molecule has 1 N–H and O–H groups in total. The zero-order valence-corrected chi connectivity index (χ0v) is 16.1. The topological polar surface area (TPSA) is 81.9 Å². The van der Waals surface area contributed by atoms with Gasteiger partial charge < -0.3 is 9.47 Å². The van der Waals surface area contributed by atoms with Crippen LogP contribution in [0.1, 0.15) is 33.3 Å². The summed E-state index contributed by atoms with van der Waals surface area (Å²) in [6, 6.07) is 3.65. The summed E-state index contributed by atoms with van der Waals surface area (Å²) in [6.45, 7) is 7.33. The molecule has 1 amide bonds. The van der Waals surface area contributed by atoms with Crippen LogP contribution in [0, 0.1) is 0 Å². The molecule has 0 saturated heterocycles. The van der Waals surface area contributed by atoms with Gasteiger partial charge in [0.25, 0.3) is 0 Å². The summed E-state index contributed by atoms with van der Waals surface area (Å²) in [7, 11) is 0. The quantitative estimate of drug-likeness (QED) is 0.608. The highest BCUT2D eigenvalue weighted by Crippen LogP contribution is 2.25. The number of aromatic nitrogens is 2. The maximum Gasteiger partial charge on any atom is 0.413 e. The molecule has 0 radical (unpaired) electrons. The van der Waals surface area contributed by atoms with E-state index in [1.54, 1.807) is 44.5 Å². The lowest BCUT2D eigenvalue weighted by Gasteiger charge is -2.19. The highest BCUT2D eigenvalue weighted by atomic mass is 79.9. The third-order valence-electron chi connectivity index (χ3n) is 2.93. The Kier molecular flexibility index (Phi) is 5.84. The van der Waals surface area contributed by atoms with Crippen molar-refractivity contribution in [2.45, 2.75) is 33.3 Å². The van der Waals surface area contributed by atoms with Crippen LogP contribution >= 0.6 is 15.9 Å². The Morgan fingerprint density at radius 3 is 2.76 bits per heavy atom. The molecule has 0 aromatic carbocycles. The molecule has 0 aliphatic carbocycles. The number of fused-ring (bicyclic) bond motifs is 1. The highest BCUT2D eigenvalue weighted by molar-refractivity contribution is 9.10. The summed E-state index contributed by atoms with van der Waals surface area (Å²) < 4.78 is 12.6. The normalized spacial score (nSPS) is 11.7. The smallest absolute Gasteiger partial charge is 0.413 e. The SMILES string of the molecule is CCOC(=O)/C=C/c1c(NC(=O)OC(C)(C)C)nn2ccc(Br)cc12. The Morgan fingerprint density at radius 1 is 1.40 bits per heavy atom. The summed E-state index contributed by atoms with van der Waals surface area (Å²) in [5.41, 5.74) is 0.647. The van der Waals surface area contributed by atoms with Gasteiger partial charge in [-0.2, -0.15) is 0 Å². The predicted molar refractivity (Wildman–Crippen MR) is 98.4 cm³/mol. The molecule has 25 heavy (non-hydrogen) atoms. The second-order valence-electron chi connectivity index (χ2n) is 6.15. The van der Waals surface area contributed by atoms with Crippen molar-refractivity contribution >= 4 is 45.4 Å². The van der Waals surface area contributed by atoms with Crippen molar-refractivity contribution in [3.8, 4) is 0 Å². The van der Waals surface area contributed by atoms with Gasteiger partial charge >= 0.3 is 12.1 Å². The number of amides is 1. The van der Waals surface area contributed by atoms with E-state index in [-0.39, 0.29) is 12.4 Å². The molecule has 0 bridgehead atoms. The van der Waals surface area contributed by atoms with Gasteiger partial charge in [-0.3, -0.25) is 5.32 Å². The van der Waals surface area contributed by atoms with Gasteiger partial charge in [0.1, 0.15) is 5.60 Å². The minimum Gasteiger partial charge on any atom is -0.463 e. The third-order valence-corrected chi connectivity index (χ3v) is 3.42. The van der Waals surface area contributed by atoms with Crippen LogP contribution < -0.4 is 5.32 Å². The Morgan fingerprint density at radius 2 is 2.12 bits per heavy atom. The van der Waals surface area contributed by atoms with Crippen LogP contribution in [0.5, 0.6) is 0 Å². The van der Waals surface area contributed by atoms with Gasteiger partial charge in [0, 0.05) is 22.3 Å². The van der Waals surface area contributed by atoms with E-state index in [4.69, 9.17) is 9.47 Å². The molecule has 0 spiro atoms. The minimum atomic E-state index is -0.632. The average Bonchev–Trinajstić information content (AvgIpc) is 2.80. The first-order valence-electron chi connectivity index (χ1n) is 7.72. The Bertz CT molecular complexity index is 821. The van der Waals surface area contributed by atoms with E-state index in [1.165, 1.54) is 6.08 Å². The van der Waals surface area contributed by atoms with Crippen LogP contribution in [-0.2, 0) is 14.3 Å². The average molecular weight is 410 g/mol. The lowest BCUT2D eigenvalue weighted by molar-refractivity contribution is -0.137. The molecule has 0 unspecified atom stereocenters. The number of halogens is 1. The largest absolute Gasteiger partial charge is 0.463 e. The van der Waals surface area contributed by atoms with E-state index >= 15 is 0 Å². The van der Waals surface area contributed by atoms with Crippen LogP contribution in [0.3, 0.4) is 0 Å². The fraction of sp³-hybridized carbons (Fsp3) is 0.353. The molecule has 8 heteroatoms. The summed E-state index contributed by atoms with van der Waals surface area (Å²) in [5, 5.41) is 6.95. The first-order chi connectivity index (χ1) is 11.7. The van der Waals surface area contributed by atoms with Crippen LogP contribution in [0.15, 0.2) is 28.9 Å². The van der Waals surface area contributed by atoms with Crippen LogP contribution in [0.4, 0.5) is 10.6 Å². The number of anilines is 1. The summed E-state index contributed by atoms with van der Waals surface area (Å²) in [6.07, 6.45) is 3.96. The van der Waals surface area contributed by atoms with Crippen molar-refractivity contribution in [3.05, 3.63) is 34.4 Å². The fourth-order valence-corrected chi connectivity index (χ4v) is 2.37. The van der Waals surface area contributed by atoms with Gasteiger partial charge in [0.2, 0.25) is 0 Å². The van der Waals surface area contributed by atoms with E-state index in [1.807, 2.05) is 12.1 Å². The van der Waals surface area contributed by atoms with E-state index in [0.717, 1.165) is 4.47 Å². The van der Waals surface area contributed by atoms with E-state index in [2.05, 4.69) is 26.3 Å². The number of esters is 1. The second-order valence-corrected chi connectivity index (χ2v) is 7.07. The molecule has 2 heterocycles. The molecule has 0 fully saturated rings. The van der Waals surface area contributed by atoms with Gasteiger partial charge in [0.05, 0.1) is 12.1 Å². The number of nitrogens with one attached hydrogen (secondary N) is 1. The number of carbonyl (C=O) groups is 2. The predicted octanol–water partition coefficient (Wildman–Crippen LogP) is 4.02. The molecular weight excluding hydrogens is 390 g/mol. The monoisotopic (exact) mass is 409 g/mol. The van der Waals surface area contributed by atoms with Gasteiger partial charge in [-0.05, 0) is 45.9 Å². The van der Waals surface area contributed by atoms with Gasteiger partial charge in [-0.1, -0.05) is 15.9 Å². The molecule has 2 rings (SSSR count). The van der Waals surface area contributed by atoms with Crippen LogP contribution in [-0.4, -0.2) is 33.9 Å². The molecule has 0 saturated carbocycles. The number of rotatable bonds is 4. The molecule has 134 valence electrons. The number of pyridine rings is 1. The standard InChI is InChI=1S/C17H20BrN3O4/c1-5-24-14(22)7-6-12-13-10-11(18)8-9-21(13)20-15(12)19-16(23)25-17(2,3)4/h6-10H,5H2,1-4H3,(H,19,20,23)/b7-6+. The molecule has 0 atom stereocenters. The minimum absolute atomic E-state index is 0.284. The Hall–Kier alpha value is -2.35.